The number of rotatable bonds is 4. The van der Waals surface area contributed by atoms with Crippen molar-refractivity contribution in [3.8, 4) is 5.69 Å². The first-order valence-electron chi connectivity index (χ1n) is 10.7. The number of para-hydroxylation sites is 1. The highest BCUT2D eigenvalue weighted by Crippen LogP contribution is 2.36. The van der Waals surface area contributed by atoms with E-state index in [0.29, 0.717) is 15.9 Å². The molecular formula is C25H22ClFN2OS2. The normalized spacial score (nSPS) is 13.8. The van der Waals surface area contributed by atoms with Crippen molar-refractivity contribution in [3.05, 3.63) is 85.2 Å². The number of hydrogen-bond donors (Lipinski definition) is 0. The summed E-state index contributed by atoms with van der Waals surface area (Å²) < 4.78 is 15.2. The highest BCUT2D eigenvalue weighted by Gasteiger charge is 2.23. The van der Waals surface area contributed by atoms with E-state index < -0.39 is 0 Å². The van der Waals surface area contributed by atoms with Crippen molar-refractivity contribution in [2.24, 2.45) is 0 Å². The molecule has 4 aromatic rings. The maximum Gasteiger partial charge on any atom is 0.267 e. The molecule has 2 aromatic carbocycles. The minimum Gasteiger partial charge on any atom is -0.268 e. The van der Waals surface area contributed by atoms with Gasteiger partial charge < -0.3 is 0 Å². The van der Waals surface area contributed by atoms with Crippen molar-refractivity contribution in [2.45, 2.75) is 49.9 Å². The molecule has 32 heavy (non-hydrogen) atoms. The second-order valence-electron chi connectivity index (χ2n) is 8.09. The van der Waals surface area contributed by atoms with Crippen LogP contribution in [0.3, 0.4) is 0 Å². The van der Waals surface area contributed by atoms with E-state index in [1.807, 2.05) is 31.2 Å². The summed E-state index contributed by atoms with van der Waals surface area (Å²) in [5.74, 6) is 0.133. The number of aromatic nitrogens is 2. The first-order chi connectivity index (χ1) is 15.5. The molecule has 0 unspecified atom stereocenters. The van der Waals surface area contributed by atoms with Gasteiger partial charge in [0, 0.05) is 15.7 Å². The molecule has 0 radical (unpaired) electrons. The van der Waals surface area contributed by atoms with Gasteiger partial charge in [-0.15, -0.1) is 11.3 Å². The minimum absolute atomic E-state index is 0.00333. The van der Waals surface area contributed by atoms with Gasteiger partial charge in [0.15, 0.2) is 5.16 Å². The summed E-state index contributed by atoms with van der Waals surface area (Å²) in [5, 5.41) is 1.79. The first kappa shape index (κ1) is 21.7. The molecule has 1 aliphatic rings. The monoisotopic (exact) mass is 484 g/mol. The third kappa shape index (κ3) is 4.00. The number of hydrogen-bond acceptors (Lipinski definition) is 4. The average molecular weight is 485 g/mol. The van der Waals surface area contributed by atoms with Crippen molar-refractivity contribution in [1.82, 2.24) is 9.55 Å². The van der Waals surface area contributed by atoms with E-state index >= 15 is 0 Å². The lowest BCUT2D eigenvalue weighted by atomic mass is 10.1. The number of aryl methyl sites for hydroxylation is 3. The molecule has 0 saturated carbocycles. The van der Waals surface area contributed by atoms with Gasteiger partial charge in [0.1, 0.15) is 10.6 Å². The summed E-state index contributed by atoms with van der Waals surface area (Å²) in [7, 11) is 0. The number of thiophene rings is 1. The van der Waals surface area contributed by atoms with Crippen LogP contribution in [0.15, 0.2) is 52.4 Å². The zero-order valence-corrected chi connectivity index (χ0v) is 20.0. The van der Waals surface area contributed by atoms with Gasteiger partial charge in [0.25, 0.3) is 5.56 Å². The van der Waals surface area contributed by atoms with Crippen molar-refractivity contribution in [3.63, 3.8) is 0 Å². The van der Waals surface area contributed by atoms with Crippen LogP contribution in [-0.2, 0) is 18.6 Å². The van der Waals surface area contributed by atoms with E-state index in [9.17, 15) is 9.18 Å². The number of benzene rings is 2. The van der Waals surface area contributed by atoms with Crippen LogP contribution in [-0.4, -0.2) is 9.55 Å². The fraction of sp³-hybridized carbons (Fsp3) is 0.280. The summed E-state index contributed by atoms with van der Waals surface area (Å²) in [6.45, 7) is 2.01. The topological polar surface area (TPSA) is 34.9 Å². The van der Waals surface area contributed by atoms with E-state index in [-0.39, 0.29) is 11.4 Å². The summed E-state index contributed by atoms with van der Waals surface area (Å²) in [4.78, 5) is 21.0. The highest BCUT2D eigenvalue weighted by atomic mass is 35.5. The third-order valence-electron chi connectivity index (χ3n) is 5.94. The van der Waals surface area contributed by atoms with Gasteiger partial charge in [-0.2, -0.15) is 0 Å². The van der Waals surface area contributed by atoms with E-state index in [2.05, 4.69) is 0 Å². The van der Waals surface area contributed by atoms with E-state index in [1.165, 1.54) is 40.8 Å². The van der Waals surface area contributed by atoms with Crippen molar-refractivity contribution < 1.29 is 4.39 Å². The van der Waals surface area contributed by atoms with Gasteiger partial charge in [-0.25, -0.2) is 9.37 Å². The van der Waals surface area contributed by atoms with Crippen LogP contribution in [0.1, 0.15) is 40.8 Å². The van der Waals surface area contributed by atoms with Gasteiger partial charge in [0.05, 0.1) is 11.1 Å². The van der Waals surface area contributed by atoms with E-state index in [1.54, 1.807) is 22.0 Å². The molecule has 5 rings (SSSR count). The second kappa shape index (κ2) is 9.00. The Morgan fingerprint density at radius 3 is 2.78 bits per heavy atom. The van der Waals surface area contributed by atoms with E-state index in [4.69, 9.17) is 16.6 Å². The van der Waals surface area contributed by atoms with Crippen molar-refractivity contribution >= 4 is 44.9 Å². The Hall–Kier alpha value is -2.15. The second-order valence-corrected chi connectivity index (χ2v) is 10.5. The molecule has 0 spiro atoms. The summed E-state index contributed by atoms with van der Waals surface area (Å²) >= 11 is 9.37. The van der Waals surface area contributed by atoms with Crippen LogP contribution in [0.2, 0.25) is 5.02 Å². The van der Waals surface area contributed by atoms with Crippen LogP contribution >= 0.6 is 34.7 Å². The maximum absolute atomic E-state index is 13.9. The Balaban J connectivity index is 1.68. The van der Waals surface area contributed by atoms with Gasteiger partial charge in [0.2, 0.25) is 0 Å². The fourth-order valence-electron chi connectivity index (χ4n) is 4.27. The van der Waals surface area contributed by atoms with Crippen LogP contribution in [0.25, 0.3) is 15.9 Å². The van der Waals surface area contributed by atoms with Gasteiger partial charge >= 0.3 is 0 Å². The molecule has 164 valence electrons. The molecule has 0 N–H and O–H groups in total. The molecule has 0 aliphatic heterocycles. The largest absolute Gasteiger partial charge is 0.268 e. The zero-order chi connectivity index (χ0) is 22.2. The van der Waals surface area contributed by atoms with Crippen LogP contribution in [0, 0.1) is 12.7 Å². The number of thioether (sulfide) groups is 1. The molecule has 0 amide bonds. The fourth-order valence-corrected chi connectivity index (χ4v) is 6.89. The molecule has 3 nitrogen and oxygen atoms in total. The minimum atomic E-state index is -0.361. The van der Waals surface area contributed by atoms with Gasteiger partial charge in [-0.1, -0.05) is 54.0 Å². The maximum atomic E-state index is 13.9. The molecule has 0 fully saturated rings. The number of halogens is 2. The van der Waals surface area contributed by atoms with Gasteiger partial charge in [-0.05, 0) is 67.5 Å². The van der Waals surface area contributed by atoms with Crippen molar-refractivity contribution in [2.75, 3.05) is 0 Å². The quantitative estimate of drug-likeness (QED) is 0.176. The summed E-state index contributed by atoms with van der Waals surface area (Å²) in [5.41, 5.74) is 3.86. The Morgan fingerprint density at radius 1 is 1.16 bits per heavy atom. The molecule has 0 saturated heterocycles. The average Bonchev–Trinajstić information content (AvgIpc) is 2.95. The Kier molecular flexibility index (Phi) is 6.10. The number of nitrogens with zero attached hydrogens (tertiary/aromatic N) is 2. The molecule has 2 heterocycles. The Bertz CT molecular complexity index is 1380. The smallest absolute Gasteiger partial charge is 0.267 e. The van der Waals surface area contributed by atoms with Crippen molar-refractivity contribution in [1.29, 1.82) is 0 Å². The molecule has 2 aromatic heterocycles. The lowest BCUT2D eigenvalue weighted by Crippen LogP contribution is -2.22. The van der Waals surface area contributed by atoms with Crippen LogP contribution < -0.4 is 5.56 Å². The van der Waals surface area contributed by atoms with Crippen LogP contribution in [0.4, 0.5) is 4.39 Å². The lowest BCUT2D eigenvalue weighted by molar-refractivity contribution is 0.627. The third-order valence-corrected chi connectivity index (χ3v) is 8.46. The summed E-state index contributed by atoms with van der Waals surface area (Å²) in [6.07, 6.45) is 5.44. The SMILES string of the molecule is Cc1ccccc1-n1c(SCc2ccc(F)cc2Cl)nc2sc3c(c2c1=O)CCCCC3. The first-order valence-corrected chi connectivity index (χ1v) is 12.9. The standard InChI is InChI=1S/C25H22ClFN2OS2/c1-15-7-5-6-9-20(15)29-24(30)22-18-8-3-2-4-10-21(18)32-23(22)28-25(29)31-14-16-11-12-17(27)13-19(16)26/h5-7,9,11-13H,2-4,8,10,14H2,1H3. The van der Waals surface area contributed by atoms with Gasteiger partial charge in [-0.3, -0.25) is 9.36 Å². The molecule has 1 aliphatic carbocycles. The zero-order valence-electron chi connectivity index (χ0n) is 17.7. The predicted molar refractivity (Wildman–Crippen MR) is 132 cm³/mol. The molecular weight excluding hydrogens is 463 g/mol. The molecule has 0 bridgehead atoms. The van der Waals surface area contributed by atoms with Crippen LogP contribution in [0.5, 0.6) is 0 Å². The summed E-state index contributed by atoms with van der Waals surface area (Å²) in [6, 6.07) is 12.3. The van der Waals surface area contributed by atoms with E-state index in [0.717, 1.165) is 52.7 Å². The number of fused-ring (bicyclic) bond motifs is 3. The predicted octanol–water partition coefficient (Wildman–Crippen LogP) is 7.11. The Labute approximate surface area is 199 Å². The molecule has 0 atom stereocenters. The molecule has 7 heteroatoms. The Morgan fingerprint density at radius 2 is 1.97 bits per heavy atom. The lowest BCUT2D eigenvalue weighted by Gasteiger charge is -2.15. The highest BCUT2D eigenvalue weighted by molar-refractivity contribution is 7.98.